The van der Waals surface area contributed by atoms with Crippen LogP contribution in [-0.2, 0) is 9.47 Å². The van der Waals surface area contributed by atoms with Gasteiger partial charge in [0, 0.05) is 24.0 Å². The number of carbonyl (C=O) groups is 2. The summed E-state index contributed by atoms with van der Waals surface area (Å²) < 4.78 is 23.1. The van der Waals surface area contributed by atoms with Crippen molar-refractivity contribution in [1.29, 1.82) is 0 Å². The van der Waals surface area contributed by atoms with Crippen LogP contribution in [0.3, 0.4) is 0 Å². The smallest absolute Gasteiger partial charge is 0.229 e. The van der Waals surface area contributed by atoms with Crippen molar-refractivity contribution in [2.45, 2.75) is 87.1 Å². The first-order valence-electron chi connectivity index (χ1n) is 18.9. The van der Waals surface area contributed by atoms with Crippen LogP contribution >= 0.6 is 0 Å². The molecule has 0 saturated carbocycles. The first kappa shape index (κ1) is 41.4. The number of ether oxygens (including phenoxy) is 4. The number of aliphatic hydroxyl groups excluding tert-OH is 8. The van der Waals surface area contributed by atoms with Gasteiger partial charge >= 0.3 is 0 Å². The molecule has 12 N–H and O–H groups in total. The number of hydrogen-bond donors (Lipinski definition) is 12. The predicted molar refractivity (Wildman–Crippen MR) is 201 cm³/mol. The fourth-order valence-corrected chi connectivity index (χ4v) is 8.86. The Hall–Kier alpha value is -5.38. The highest BCUT2D eigenvalue weighted by Crippen LogP contribution is 2.57. The highest BCUT2D eigenvalue weighted by Gasteiger charge is 2.50. The Morgan fingerprint density at radius 3 is 1.18 bits per heavy atom. The first-order valence-corrected chi connectivity index (χ1v) is 18.9. The van der Waals surface area contributed by atoms with Crippen molar-refractivity contribution in [3.63, 3.8) is 0 Å². The minimum Gasteiger partial charge on any atom is -0.508 e. The summed E-state index contributed by atoms with van der Waals surface area (Å²) in [6, 6.07) is 10.4. The number of phenols is 4. The van der Waals surface area contributed by atoms with E-state index < -0.39 is 133 Å². The average Bonchev–Trinajstić information content (AvgIpc) is 3.18. The Labute approximate surface area is 339 Å². The topological polar surface area (TPSA) is 314 Å². The fraction of sp³-hybridized carbons (Fsp3) is 0.381. The van der Waals surface area contributed by atoms with Crippen molar-refractivity contribution in [2.24, 2.45) is 0 Å². The largest absolute Gasteiger partial charge is 0.508 e. The van der Waals surface area contributed by atoms with Gasteiger partial charge in [-0.25, -0.2) is 0 Å². The summed E-state index contributed by atoms with van der Waals surface area (Å²) in [6.07, 6.45) is -17.6. The lowest BCUT2D eigenvalue weighted by Crippen LogP contribution is -2.60. The third-order valence-electron chi connectivity index (χ3n) is 11.6. The first-order chi connectivity index (χ1) is 28.4. The van der Waals surface area contributed by atoms with Gasteiger partial charge in [-0.3, -0.25) is 9.59 Å². The number of benzene rings is 4. The molecule has 2 heterocycles. The molecule has 2 aliphatic heterocycles. The molecule has 18 heteroatoms. The van der Waals surface area contributed by atoms with E-state index in [0.29, 0.717) is 11.1 Å². The number of ketones is 2. The van der Waals surface area contributed by atoms with Crippen LogP contribution in [0.15, 0.2) is 48.5 Å². The minimum absolute atomic E-state index is 0.0223. The third-order valence-corrected chi connectivity index (χ3v) is 11.6. The number of aryl methyl sites for hydroxylation is 2. The number of aromatic hydroxyl groups is 4. The van der Waals surface area contributed by atoms with Gasteiger partial charge in [0.25, 0.3) is 0 Å². The second kappa shape index (κ2) is 15.3. The monoisotopic (exact) mass is 834 g/mol. The van der Waals surface area contributed by atoms with E-state index in [0.717, 1.165) is 12.1 Å². The van der Waals surface area contributed by atoms with Crippen LogP contribution in [-0.4, -0.2) is 147 Å². The summed E-state index contributed by atoms with van der Waals surface area (Å²) in [5.74, 6) is -6.84. The molecule has 2 fully saturated rings. The van der Waals surface area contributed by atoms with Crippen molar-refractivity contribution < 1.29 is 89.8 Å². The number of phenolic OH excluding ortho intramolecular Hbond substituents is 4. The Morgan fingerprint density at radius 2 is 0.833 bits per heavy atom. The molecule has 2 aliphatic carbocycles. The van der Waals surface area contributed by atoms with Crippen molar-refractivity contribution >= 4 is 11.6 Å². The van der Waals surface area contributed by atoms with Gasteiger partial charge in [0.05, 0.1) is 35.5 Å². The van der Waals surface area contributed by atoms with Gasteiger partial charge in [-0.2, -0.15) is 0 Å². The molecule has 18 nitrogen and oxygen atoms in total. The summed E-state index contributed by atoms with van der Waals surface area (Å²) in [6.45, 7) is 1.69. The molecule has 4 aromatic carbocycles. The molecule has 2 saturated heterocycles. The quantitative estimate of drug-likeness (QED) is 0.112. The van der Waals surface area contributed by atoms with Crippen LogP contribution in [0.2, 0.25) is 0 Å². The molecule has 8 rings (SSSR count). The molecule has 4 aromatic rings. The van der Waals surface area contributed by atoms with E-state index in [4.69, 9.17) is 18.9 Å². The van der Waals surface area contributed by atoms with Crippen LogP contribution in [0.5, 0.6) is 34.5 Å². The van der Waals surface area contributed by atoms with Crippen LogP contribution in [0.25, 0.3) is 0 Å². The second-order valence-corrected chi connectivity index (χ2v) is 15.6. The lowest BCUT2D eigenvalue weighted by Gasteiger charge is -2.41. The van der Waals surface area contributed by atoms with Crippen molar-refractivity contribution in [2.75, 3.05) is 13.2 Å². The molecule has 0 spiro atoms. The Balaban J connectivity index is 1.37. The molecule has 0 amide bonds. The SMILES string of the molecule is Cc1cc(O)c2c(c1)[C@@H]([C@@H]1c3cc(C)cc(O)c3C(=O)c3c(O[C@@H]4O[C@H](CO)[C@@H](O)[C@H](O)[C@H]4O)cc(O)cc31)c1cc(O)cc(O[C@@H]3O[C@H](CO)[C@@H](O)[C@H](O)[C@H]3O)c1C2=O. The number of fused-ring (bicyclic) bond motifs is 4. The number of hydrogen-bond acceptors (Lipinski definition) is 18. The van der Waals surface area contributed by atoms with Crippen LogP contribution in [0, 0.1) is 13.8 Å². The fourth-order valence-electron chi connectivity index (χ4n) is 8.86. The van der Waals surface area contributed by atoms with Gasteiger partial charge in [0.15, 0.2) is 0 Å². The lowest BCUT2D eigenvalue weighted by molar-refractivity contribution is -0.277. The molecule has 12 atom stereocenters. The van der Waals surface area contributed by atoms with E-state index in [2.05, 4.69) is 0 Å². The number of carbonyl (C=O) groups excluding carboxylic acids is 2. The third kappa shape index (κ3) is 6.52. The van der Waals surface area contributed by atoms with Gasteiger partial charge in [0.1, 0.15) is 83.3 Å². The maximum atomic E-state index is 14.7. The van der Waals surface area contributed by atoms with Crippen molar-refractivity contribution in [3.8, 4) is 34.5 Å². The summed E-state index contributed by atoms with van der Waals surface area (Å²) in [4.78, 5) is 29.3. The molecular formula is C42H42O18. The molecule has 0 aromatic heterocycles. The van der Waals surface area contributed by atoms with Gasteiger partial charge in [0.2, 0.25) is 24.1 Å². The van der Waals surface area contributed by atoms with E-state index >= 15 is 0 Å². The molecule has 318 valence electrons. The maximum absolute atomic E-state index is 14.7. The van der Waals surface area contributed by atoms with Crippen molar-refractivity contribution in [3.05, 3.63) is 104 Å². The second-order valence-electron chi connectivity index (χ2n) is 15.6. The summed E-state index contributed by atoms with van der Waals surface area (Å²) in [7, 11) is 0. The summed E-state index contributed by atoms with van der Waals surface area (Å²) in [5.41, 5.74) is 0.308. The highest BCUT2D eigenvalue weighted by molar-refractivity contribution is 6.18. The molecule has 4 aliphatic rings. The molecular weight excluding hydrogens is 792 g/mol. The zero-order chi connectivity index (χ0) is 43.2. The van der Waals surface area contributed by atoms with E-state index in [1.807, 2.05) is 0 Å². The molecule has 0 bridgehead atoms. The van der Waals surface area contributed by atoms with Gasteiger partial charge < -0.3 is 80.2 Å². The highest BCUT2D eigenvalue weighted by atomic mass is 16.7. The summed E-state index contributed by atoms with van der Waals surface area (Å²) in [5, 5.41) is 129. The van der Waals surface area contributed by atoms with Crippen LogP contribution in [0.1, 0.15) is 77.1 Å². The maximum Gasteiger partial charge on any atom is 0.229 e. The van der Waals surface area contributed by atoms with Crippen LogP contribution < -0.4 is 9.47 Å². The number of rotatable bonds is 7. The Bertz CT molecular complexity index is 2230. The van der Waals surface area contributed by atoms with E-state index in [1.165, 1.54) is 24.3 Å². The molecule has 0 radical (unpaired) electrons. The average molecular weight is 835 g/mol. The Kier molecular flexibility index (Phi) is 10.5. The zero-order valence-corrected chi connectivity index (χ0v) is 31.8. The Morgan fingerprint density at radius 1 is 0.483 bits per heavy atom. The minimum atomic E-state index is -1.93. The lowest BCUT2D eigenvalue weighted by atomic mass is 9.63. The van der Waals surface area contributed by atoms with Crippen LogP contribution in [0.4, 0.5) is 0 Å². The van der Waals surface area contributed by atoms with Crippen molar-refractivity contribution in [1.82, 2.24) is 0 Å². The van der Waals surface area contributed by atoms with E-state index in [1.54, 1.807) is 26.0 Å². The van der Waals surface area contributed by atoms with Gasteiger partial charge in [-0.15, -0.1) is 0 Å². The normalized spacial score (nSPS) is 30.8. The number of aliphatic hydroxyl groups is 8. The van der Waals surface area contributed by atoms with Gasteiger partial charge in [-0.1, -0.05) is 12.1 Å². The van der Waals surface area contributed by atoms with E-state index in [9.17, 15) is 70.9 Å². The molecule has 60 heavy (non-hydrogen) atoms. The predicted octanol–water partition coefficient (Wildman–Crippen LogP) is -0.464. The zero-order valence-electron chi connectivity index (χ0n) is 31.8. The standard InChI is InChI=1S/C42H42O18/c1-13-3-17-27(19-7-15(45)9-23(31(19)35(51)29(17)21(47)5-13)57-41-39(55)37(53)33(49)25(11-43)59-41)28-18-4-14(2)6-22(48)30(18)36(52)32-20(28)8-16(46)10-24(32)58-42-40(56)38(54)34(50)26(12-44)60-42/h3-10,25-28,33-34,37-50,53-56H,11-12H2,1-2H3/t25-,26-,27-,28-,33-,34-,37+,38+,39-,40-,41-,42-/m1/s1. The van der Waals surface area contributed by atoms with E-state index in [-0.39, 0.29) is 44.5 Å². The molecule has 0 unspecified atom stereocenters. The van der Waals surface area contributed by atoms with Gasteiger partial charge in [-0.05, 0) is 71.5 Å². The summed E-state index contributed by atoms with van der Waals surface area (Å²) >= 11 is 0.